The summed E-state index contributed by atoms with van der Waals surface area (Å²) in [7, 11) is 1.72. The molecule has 0 rings (SSSR count). The molecule has 0 saturated carbocycles. The number of hydroxylamine groups is 1. The van der Waals surface area contributed by atoms with E-state index in [1.54, 1.807) is 7.05 Å². The van der Waals surface area contributed by atoms with E-state index in [9.17, 15) is 0 Å². The molecule has 0 saturated heterocycles. The summed E-state index contributed by atoms with van der Waals surface area (Å²) in [6.07, 6.45) is 0.960. The maximum Gasteiger partial charge on any atom is 0.0833 e. The maximum atomic E-state index is 5.49. The highest BCUT2D eigenvalue weighted by Crippen LogP contribution is 1.83. The fourth-order valence-corrected chi connectivity index (χ4v) is 0.308. The van der Waals surface area contributed by atoms with Crippen molar-refractivity contribution in [3.05, 3.63) is 0 Å². The Hall–Kier alpha value is -0.120. The van der Waals surface area contributed by atoms with E-state index in [1.807, 2.05) is 6.92 Å². The molecule has 0 aromatic heterocycles. The minimum Gasteiger partial charge on any atom is -0.326 e. The molecule has 0 radical (unpaired) electrons. The summed E-state index contributed by atoms with van der Waals surface area (Å²) in [5.41, 5.74) is 8.05. The number of nitrogens with two attached hydrogens (primary N) is 1. The summed E-state index contributed by atoms with van der Waals surface area (Å²) in [5, 5.41) is 0. The number of hydrogen-bond donors (Lipinski definition) is 2. The van der Waals surface area contributed by atoms with Gasteiger partial charge in [-0.15, -0.1) is 0 Å². The summed E-state index contributed by atoms with van der Waals surface area (Å²) in [6, 6.07) is 0.169. The highest BCUT2D eigenvalue weighted by atomic mass is 16.6. The van der Waals surface area contributed by atoms with Crippen LogP contribution in [0.1, 0.15) is 13.3 Å². The largest absolute Gasteiger partial charge is 0.326 e. The van der Waals surface area contributed by atoms with E-state index in [0.717, 1.165) is 6.42 Å². The van der Waals surface area contributed by atoms with Crippen LogP contribution < -0.4 is 11.2 Å². The Morgan fingerprint density at radius 1 is 1.75 bits per heavy atom. The molecule has 3 nitrogen and oxygen atoms in total. The summed E-state index contributed by atoms with van der Waals surface area (Å²) < 4.78 is 0. The fourth-order valence-electron chi connectivity index (χ4n) is 0.308. The lowest BCUT2D eigenvalue weighted by molar-refractivity contribution is 0.0475. The van der Waals surface area contributed by atoms with Gasteiger partial charge in [0.2, 0.25) is 0 Å². The molecule has 0 amide bonds. The summed E-state index contributed by atoms with van der Waals surface area (Å²) in [4.78, 5) is 4.81. The van der Waals surface area contributed by atoms with Gasteiger partial charge >= 0.3 is 0 Å². The Morgan fingerprint density at radius 3 is 2.75 bits per heavy atom. The van der Waals surface area contributed by atoms with Gasteiger partial charge in [0.05, 0.1) is 6.61 Å². The van der Waals surface area contributed by atoms with Crippen LogP contribution in [0.25, 0.3) is 0 Å². The van der Waals surface area contributed by atoms with E-state index in [1.165, 1.54) is 0 Å². The predicted octanol–water partition coefficient (Wildman–Crippen LogP) is -0.125. The second-order valence-corrected chi connectivity index (χ2v) is 1.68. The first-order valence-electron chi connectivity index (χ1n) is 2.85. The van der Waals surface area contributed by atoms with E-state index in [4.69, 9.17) is 10.6 Å². The molecule has 0 aliphatic heterocycles. The molecular weight excluding hydrogens is 104 g/mol. The van der Waals surface area contributed by atoms with Crippen LogP contribution >= 0.6 is 0 Å². The molecule has 1 unspecified atom stereocenters. The highest BCUT2D eigenvalue weighted by Gasteiger charge is 1.95. The number of nitrogens with one attached hydrogen (secondary N) is 1. The molecule has 50 valence electrons. The lowest BCUT2D eigenvalue weighted by Gasteiger charge is -2.06. The zero-order chi connectivity index (χ0) is 6.41. The van der Waals surface area contributed by atoms with Gasteiger partial charge in [0.1, 0.15) is 0 Å². The maximum absolute atomic E-state index is 5.49. The molecule has 0 fully saturated rings. The monoisotopic (exact) mass is 118 g/mol. The van der Waals surface area contributed by atoms with Crippen LogP contribution in [0.15, 0.2) is 0 Å². The van der Waals surface area contributed by atoms with Crippen LogP contribution in [0.5, 0.6) is 0 Å². The molecule has 0 bridgehead atoms. The molecule has 8 heavy (non-hydrogen) atoms. The van der Waals surface area contributed by atoms with Gasteiger partial charge in [-0.3, -0.25) is 0 Å². The van der Waals surface area contributed by atoms with Crippen LogP contribution in [-0.2, 0) is 4.84 Å². The van der Waals surface area contributed by atoms with Crippen molar-refractivity contribution in [1.29, 1.82) is 0 Å². The van der Waals surface area contributed by atoms with Gasteiger partial charge in [0.15, 0.2) is 0 Å². The summed E-state index contributed by atoms with van der Waals surface area (Å²) >= 11 is 0. The van der Waals surface area contributed by atoms with Crippen molar-refractivity contribution in [2.45, 2.75) is 19.4 Å². The Labute approximate surface area is 50.2 Å². The van der Waals surface area contributed by atoms with Crippen molar-refractivity contribution in [2.24, 2.45) is 5.73 Å². The molecular formula is C5H14N2O. The molecule has 0 spiro atoms. The highest BCUT2D eigenvalue weighted by molar-refractivity contribution is 4.53. The molecule has 0 aromatic carbocycles. The molecule has 0 aliphatic rings. The van der Waals surface area contributed by atoms with Crippen molar-refractivity contribution < 1.29 is 4.84 Å². The SMILES string of the molecule is CCC(N)CONC. The molecule has 0 aromatic rings. The van der Waals surface area contributed by atoms with Crippen LogP contribution in [0.4, 0.5) is 0 Å². The first-order valence-corrected chi connectivity index (χ1v) is 2.85. The van der Waals surface area contributed by atoms with Crippen molar-refractivity contribution >= 4 is 0 Å². The lowest BCUT2D eigenvalue weighted by atomic mass is 10.3. The topological polar surface area (TPSA) is 47.3 Å². The fraction of sp³-hybridized carbons (Fsp3) is 1.00. The van der Waals surface area contributed by atoms with Crippen LogP contribution in [0, 0.1) is 0 Å². The summed E-state index contributed by atoms with van der Waals surface area (Å²) in [5.74, 6) is 0. The third-order valence-corrected chi connectivity index (χ3v) is 0.966. The van der Waals surface area contributed by atoms with Crippen molar-refractivity contribution in [3.63, 3.8) is 0 Å². The van der Waals surface area contributed by atoms with Gasteiger partial charge in [-0.05, 0) is 6.42 Å². The van der Waals surface area contributed by atoms with Crippen LogP contribution in [0.2, 0.25) is 0 Å². The standard InChI is InChI=1S/C5H14N2O/c1-3-5(6)4-8-7-2/h5,7H,3-4,6H2,1-2H3. The Kier molecular flexibility index (Phi) is 4.95. The average Bonchev–Trinajstić information content (AvgIpc) is 1.83. The first kappa shape index (κ1) is 7.88. The Balaban J connectivity index is 2.86. The van der Waals surface area contributed by atoms with Crippen molar-refractivity contribution in [2.75, 3.05) is 13.7 Å². The second kappa shape index (κ2) is 5.03. The van der Waals surface area contributed by atoms with E-state index in [-0.39, 0.29) is 6.04 Å². The van der Waals surface area contributed by atoms with Gasteiger partial charge < -0.3 is 10.6 Å². The normalized spacial score (nSPS) is 13.9. The van der Waals surface area contributed by atoms with Crippen molar-refractivity contribution in [1.82, 2.24) is 5.48 Å². The summed E-state index contributed by atoms with van der Waals surface area (Å²) in [6.45, 7) is 2.62. The van der Waals surface area contributed by atoms with Gasteiger partial charge in [0.25, 0.3) is 0 Å². The molecule has 0 aliphatic carbocycles. The van der Waals surface area contributed by atoms with Gasteiger partial charge in [0, 0.05) is 13.1 Å². The molecule has 1 atom stereocenters. The zero-order valence-corrected chi connectivity index (χ0v) is 5.48. The minimum atomic E-state index is 0.169. The Morgan fingerprint density at radius 2 is 2.38 bits per heavy atom. The predicted molar refractivity (Wildman–Crippen MR) is 33.3 cm³/mol. The van der Waals surface area contributed by atoms with E-state index < -0.39 is 0 Å². The third kappa shape index (κ3) is 4.05. The van der Waals surface area contributed by atoms with Gasteiger partial charge in [-0.1, -0.05) is 6.92 Å². The quantitative estimate of drug-likeness (QED) is 0.506. The van der Waals surface area contributed by atoms with E-state index in [0.29, 0.717) is 6.61 Å². The number of hydrogen-bond acceptors (Lipinski definition) is 3. The average molecular weight is 118 g/mol. The number of rotatable bonds is 4. The zero-order valence-electron chi connectivity index (χ0n) is 5.48. The first-order chi connectivity index (χ1) is 3.81. The van der Waals surface area contributed by atoms with Gasteiger partial charge in [-0.25, -0.2) is 5.48 Å². The van der Waals surface area contributed by atoms with Crippen LogP contribution in [-0.4, -0.2) is 19.7 Å². The third-order valence-electron chi connectivity index (χ3n) is 0.966. The van der Waals surface area contributed by atoms with Crippen molar-refractivity contribution in [3.8, 4) is 0 Å². The Bertz CT molecular complexity index is 49.7. The molecule has 0 heterocycles. The van der Waals surface area contributed by atoms with E-state index in [2.05, 4.69) is 5.48 Å². The molecule has 3 heteroatoms. The van der Waals surface area contributed by atoms with Gasteiger partial charge in [-0.2, -0.15) is 0 Å². The smallest absolute Gasteiger partial charge is 0.0833 e. The van der Waals surface area contributed by atoms with E-state index >= 15 is 0 Å². The lowest BCUT2D eigenvalue weighted by Crippen LogP contribution is -2.27. The second-order valence-electron chi connectivity index (χ2n) is 1.68. The van der Waals surface area contributed by atoms with Crippen LogP contribution in [0.3, 0.4) is 0 Å². The molecule has 3 N–H and O–H groups in total. The minimum absolute atomic E-state index is 0.169.